The number of amides is 1. The second kappa shape index (κ2) is 10.2. The Morgan fingerprint density at radius 3 is 2.70 bits per heavy atom. The molecule has 0 aromatic carbocycles. The van der Waals surface area contributed by atoms with E-state index in [1.807, 2.05) is 29.3 Å². The minimum Gasteiger partial charge on any atom is -0.338 e. The number of thioether (sulfide) groups is 1. The largest absolute Gasteiger partial charge is 0.338 e. The number of fused-ring (bicyclic) bond motifs is 1. The van der Waals surface area contributed by atoms with E-state index in [0.29, 0.717) is 18.7 Å². The Balaban J connectivity index is 1.24. The van der Waals surface area contributed by atoms with E-state index in [-0.39, 0.29) is 5.91 Å². The van der Waals surface area contributed by atoms with Crippen molar-refractivity contribution in [1.82, 2.24) is 24.8 Å². The highest BCUT2D eigenvalue weighted by Crippen LogP contribution is 2.27. The van der Waals surface area contributed by atoms with Gasteiger partial charge in [0.25, 0.3) is 5.91 Å². The number of carbonyl (C=O) groups is 1. The maximum Gasteiger partial charge on any atom is 0.256 e. The Morgan fingerprint density at radius 2 is 1.94 bits per heavy atom. The third-order valence-corrected chi connectivity index (χ3v) is 8.03. The molecule has 2 aliphatic heterocycles. The highest BCUT2D eigenvalue weighted by Gasteiger charge is 2.29. The van der Waals surface area contributed by atoms with Gasteiger partial charge < -0.3 is 9.80 Å². The third-order valence-electron chi connectivity index (χ3n) is 7.03. The molecule has 174 valence electrons. The van der Waals surface area contributed by atoms with Crippen LogP contribution < -0.4 is 4.90 Å². The summed E-state index contributed by atoms with van der Waals surface area (Å²) in [5.41, 5.74) is 2.92. The summed E-state index contributed by atoms with van der Waals surface area (Å²) in [6.45, 7) is 9.30. The molecule has 3 aliphatic rings. The highest BCUT2D eigenvalue weighted by molar-refractivity contribution is 7.99. The van der Waals surface area contributed by atoms with Gasteiger partial charge >= 0.3 is 0 Å². The van der Waals surface area contributed by atoms with E-state index in [1.54, 1.807) is 18.0 Å². The van der Waals surface area contributed by atoms with Gasteiger partial charge in [-0.15, -0.1) is 18.3 Å². The topological polar surface area (TPSA) is 65.5 Å². The molecule has 4 heterocycles. The van der Waals surface area contributed by atoms with Crippen molar-refractivity contribution >= 4 is 23.6 Å². The lowest BCUT2D eigenvalue weighted by Gasteiger charge is -2.43. The highest BCUT2D eigenvalue weighted by atomic mass is 32.2. The molecular weight excluding hydrogens is 432 g/mol. The van der Waals surface area contributed by atoms with Crippen molar-refractivity contribution in [2.45, 2.75) is 43.2 Å². The van der Waals surface area contributed by atoms with Crippen molar-refractivity contribution in [1.29, 1.82) is 0 Å². The first-order valence-electron chi connectivity index (χ1n) is 12.0. The van der Waals surface area contributed by atoms with Crippen LogP contribution in [0.2, 0.25) is 0 Å². The van der Waals surface area contributed by atoms with Gasteiger partial charge in [0.2, 0.25) is 5.95 Å². The lowest BCUT2D eigenvalue weighted by molar-refractivity contribution is 0.0758. The van der Waals surface area contributed by atoms with Crippen molar-refractivity contribution in [3.63, 3.8) is 0 Å². The zero-order valence-corrected chi connectivity index (χ0v) is 20.0. The predicted molar refractivity (Wildman–Crippen MR) is 132 cm³/mol. The fraction of sp³-hybridized carbons (Fsp3) is 0.520. The van der Waals surface area contributed by atoms with Crippen LogP contribution in [-0.2, 0) is 12.8 Å². The van der Waals surface area contributed by atoms with Crippen molar-refractivity contribution in [3.8, 4) is 0 Å². The van der Waals surface area contributed by atoms with Crippen LogP contribution >= 0.6 is 11.8 Å². The summed E-state index contributed by atoms with van der Waals surface area (Å²) in [6.07, 6.45) is 11.2. The van der Waals surface area contributed by atoms with Crippen LogP contribution in [0.15, 0.2) is 42.2 Å². The molecule has 1 aliphatic carbocycles. The van der Waals surface area contributed by atoms with Crippen LogP contribution in [0.4, 0.5) is 5.95 Å². The number of pyridine rings is 1. The molecule has 1 saturated heterocycles. The van der Waals surface area contributed by atoms with Crippen molar-refractivity contribution in [3.05, 3.63) is 54.0 Å². The van der Waals surface area contributed by atoms with E-state index in [0.717, 1.165) is 73.0 Å². The van der Waals surface area contributed by atoms with E-state index >= 15 is 0 Å². The maximum absolute atomic E-state index is 13.3. The molecule has 0 bridgehead atoms. The number of hydrogen-bond donors (Lipinski definition) is 0. The molecule has 1 saturated carbocycles. The monoisotopic (exact) mass is 464 g/mol. The normalized spacial score (nSPS) is 19.5. The minimum atomic E-state index is 0.0442. The molecule has 8 heteroatoms. The summed E-state index contributed by atoms with van der Waals surface area (Å²) in [6, 6.07) is 4.51. The second-order valence-electron chi connectivity index (χ2n) is 9.00. The summed E-state index contributed by atoms with van der Waals surface area (Å²) in [4.78, 5) is 34.3. The predicted octanol–water partition coefficient (Wildman–Crippen LogP) is 3.07. The first kappa shape index (κ1) is 22.3. The van der Waals surface area contributed by atoms with E-state index in [1.165, 1.54) is 19.3 Å². The zero-order valence-electron chi connectivity index (χ0n) is 19.2. The average molecular weight is 465 g/mol. The SMILES string of the molecule is C=CCSc1ncccc1C(=O)N1CCc2cnc(N3CCN(C4CCC4)CC3)nc2CC1. The lowest BCUT2D eigenvalue weighted by Crippen LogP contribution is -2.52. The van der Waals surface area contributed by atoms with E-state index in [2.05, 4.69) is 21.4 Å². The van der Waals surface area contributed by atoms with E-state index in [9.17, 15) is 4.79 Å². The fourth-order valence-corrected chi connectivity index (χ4v) is 5.56. The molecule has 5 rings (SSSR count). The molecule has 7 nitrogen and oxygen atoms in total. The van der Waals surface area contributed by atoms with E-state index in [4.69, 9.17) is 9.97 Å². The molecule has 33 heavy (non-hydrogen) atoms. The number of nitrogens with zero attached hydrogens (tertiary/aromatic N) is 6. The Labute approximate surface area is 200 Å². The quantitative estimate of drug-likeness (QED) is 0.481. The fourth-order valence-electron chi connectivity index (χ4n) is 4.84. The van der Waals surface area contributed by atoms with Crippen molar-refractivity contribution in [2.75, 3.05) is 49.9 Å². The van der Waals surface area contributed by atoms with Crippen LogP contribution in [-0.4, -0.2) is 81.7 Å². The molecular formula is C25H32N6OS. The minimum absolute atomic E-state index is 0.0442. The van der Waals surface area contributed by atoms with Gasteiger partial charge in [-0.2, -0.15) is 0 Å². The number of anilines is 1. The molecule has 2 fully saturated rings. The Hall–Kier alpha value is -2.45. The summed E-state index contributed by atoms with van der Waals surface area (Å²) in [5, 5.41) is 0.771. The molecule has 0 radical (unpaired) electrons. The van der Waals surface area contributed by atoms with Crippen LogP contribution in [0.3, 0.4) is 0 Å². The molecule has 2 aromatic rings. The Morgan fingerprint density at radius 1 is 1.12 bits per heavy atom. The van der Waals surface area contributed by atoms with Gasteiger partial charge in [0.15, 0.2) is 0 Å². The number of hydrogen-bond acceptors (Lipinski definition) is 7. The Kier molecular flexibility index (Phi) is 6.92. The first-order chi connectivity index (χ1) is 16.2. The number of carbonyl (C=O) groups excluding carboxylic acids is 1. The van der Waals surface area contributed by atoms with Crippen LogP contribution in [0.1, 0.15) is 40.9 Å². The molecule has 0 atom stereocenters. The van der Waals surface area contributed by atoms with Crippen molar-refractivity contribution in [2.24, 2.45) is 0 Å². The van der Waals surface area contributed by atoms with Crippen LogP contribution in [0.25, 0.3) is 0 Å². The van der Waals surface area contributed by atoms with Crippen LogP contribution in [0.5, 0.6) is 0 Å². The number of rotatable bonds is 6. The first-order valence-corrected chi connectivity index (χ1v) is 13.0. The van der Waals surface area contributed by atoms with Gasteiger partial charge in [-0.3, -0.25) is 9.69 Å². The summed E-state index contributed by atoms with van der Waals surface area (Å²) in [5.74, 6) is 1.62. The van der Waals surface area contributed by atoms with E-state index < -0.39 is 0 Å². The lowest BCUT2D eigenvalue weighted by atomic mass is 9.91. The van der Waals surface area contributed by atoms with Gasteiger partial charge in [0, 0.05) is 69.9 Å². The van der Waals surface area contributed by atoms with Crippen LogP contribution in [0, 0.1) is 0 Å². The van der Waals surface area contributed by atoms with Gasteiger partial charge in [0.1, 0.15) is 5.03 Å². The molecule has 2 aromatic heterocycles. The third kappa shape index (κ3) is 4.92. The number of aromatic nitrogens is 3. The summed E-state index contributed by atoms with van der Waals surface area (Å²) < 4.78 is 0. The van der Waals surface area contributed by atoms with Crippen molar-refractivity contribution < 1.29 is 4.79 Å². The smallest absolute Gasteiger partial charge is 0.256 e. The Bertz CT molecular complexity index is 1000. The number of piperazine rings is 1. The average Bonchev–Trinajstić information content (AvgIpc) is 3.04. The summed E-state index contributed by atoms with van der Waals surface area (Å²) in [7, 11) is 0. The molecule has 0 N–H and O–H groups in total. The summed E-state index contributed by atoms with van der Waals surface area (Å²) >= 11 is 1.55. The van der Waals surface area contributed by atoms with Gasteiger partial charge in [-0.1, -0.05) is 12.5 Å². The molecule has 0 spiro atoms. The van der Waals surface area contributed by atoms with Gasteiger partial charge in [0.05, 0.1) is 11.3 Å². The van der Waals surface area contributed by atoms with Gasteiger partial charge in [-0.25, -0.2) is 15.0 Å². The standard InChI is InChI=1S/C25H32N6OS/c1-2-17-33-23-21(7-4-10-26-23)24(32)30-11-8-19-18-27-25(28-22(19)9-12-30)31-15-13-29(14-16-31)20-5-3-6-20/h2,4,7,10,18,20H,1,3,5-6,8-9,11-17H2. The maximum atomic E-state index is 13.3. The zero-order chi connectivity index (χ0) is 22.6. The van der Waals surface area contributed by atoms with Gasteiger partial charge in [-0.05, 0) is 37.0 Å². The second-order valence-corrected chi connectivity index (χ2v) is 10.0. The molecule has 1 amide bonds. The molecule has 0 unspecified atom stereocenters.